The van der Waals surface area contributed by atoms with Crippen LogP contribution in [0.15, 0.2) is 164 Å². The highest BCUT2D eigenvalue weighted by molar-refractivity contribution is 6.18. The Morgan fingerprint density at radius 1 is 0.528 bits per heavy atom. The van der Waals surface area contributed by atoms with Crippen LogP contribution < -0.4 is 4.90 Å². The maximum Gasteiger partial charge on any atom is 0.0619 e. The van der Waals surface area contributed by atoms with Gasteiger partial charge in [-0.2, -0.15) is 0 Å². The van der Waals surface area contributed by atoms with Gasteiger partial charge in [0.05, 0.1) is 11.0 Å². The fourth-order valence-electron chi connectivity index (χ4n) is 11.2. The highest BCUT2D eigenvalue weighted by Gasteiger charge is 2.57. The smallest absolute Gasteiger partial charge is 0.0619 e. The number of para-hydroxylation sites is 2. The number of aromatic nitrogens is 1. The van der Waals surface area contributed by atoms with Crippen molar-refractivity contribution in [2.24, 2.45) is 23.7 Å². The number of fused-ring (bicyclic) bond motifs is 6. The van der Waals surface area contributed by atoms with Crippen molar-refractivity contribution in [2.45, 2.75) is 44.4 Å². The lowest BCUT2D eigenvalue weighted by molar-refractivity contribution is 0.0780. The molecule has 2 nitrogen and oxygen atoms in total. The summed E-state index contributed by atoms with van der Waals surface area (Å²) in [4.78, 5) is 2.41. The quantitative estimate of drug-likeness (QED) is 0.169. The van der Waals surface area contributed by atoms with Gasteiger partial charge in [-0.1, -0.05) is 116 Å². The van der Waals surface area contributed by atoms with Crippen LogP contribution in [0.3, 0.4) is 0 Å². The summed E-state index contributed by atoms with van der Waals surface area (Å²) in [6.07, 6.45) is 7.09. The molecule has 0 aliphatic heterocycles. The van der Waals surface area contributed by atoms with E-state index in [0.29, 0.717) is 5.41 Å². The van der Waals surface area contributed by atoms with E-state index in [4.69, 9.17) is 0 Å². The summed E-state index contributed by atoms with van der Waals surface area (Å²) >= 11 is 0. The molecule has 258 valence electrons. The van der Waals surface area contributed by atoms with E-state index in [-0.39, 0.29) is 0 Å². The molecule has 3 aliphatic carbocycles. The highest BCUT2D eigenvalue weighted by atomic mass is 15.1. The van der Waals surface area contributed by atoms with Crippen LogP contribution in [0.25, 0.3) is 49.4 Å². The Morgan fingerprint density at radius 3 is 2.08 bits per heavy atom. The van der Waals surface area contributed by atoms with E-state index >= 15 is 0 Å². The van der Waals surface area contributed by atoms with Crippen molar-refractivity contribution >= 4 is 49.6 Å². The molecule has 53 heavy (non-hydrogen) atoms. The molecule has 0 radical (unpaired) electrons. The molecular formula is C51H44N2. The first-order chi connectivity index (χ1) is 26.1. The van der Waals surface area contributed by atoms with Crippen LogP contribution in [-0.4, -0.2) is 4.57 Å². The molecule has 1 heterocycles. The molecule has 11 rings (SSSR count). The van der Waals surface area contributed by atoms with Gasteiger partial charge in [-0.3, -0.25) is 0 Å². The topological polar surface area (TPSA) is 8.17 Å². The van der Waals surface area contributed by atoms with Crippen molar-refractivity contribution < 1.29 is 0 Å². The molecule has 3 saturated carbocycles. The first kappa shape index (κ1) is 31.0. The van der Waals surface area contributed by atoms with Crippen LogP contribution in [0.1, 0.15) is 44.6 Å². The van der Waals surface area contributed by atoms with E-state index in [2.05, 4.69) is 180 Å². The Balaban J connectivity index is 0.958. The van der Waals surface area contributed by atoms with E-state index < -0.39 is 0 Å². The Hall–Kier alpha value is -5.60. The Bertz CT molecular complexity index is 2630. The van der Waals surface area contributed by atoms with Crippen molar-refractivity contribution in [1.82, 2.24) is 4.57 Å². The van der Waals surface area contributed by atoms with E-state index in [1.165, 1.54) is 98.6 Å². The molecule has 0 spiro atoms. The SMILES string of the molecule is C[C@H]1C[C@H]2C[C@H]3CC(c4ccc(N(c5ccccc5)c5ccc(-c6cccc(-n7c8ccccc8c8ccc9ccccc9c87)c6)cc5)cc4)(CC23)C1. The van der Waals surface area contributed by atoms with Crippen LogP contribution in [0, 0.1) is 23.7 Å². The van der Waals surface area contributed by atoms with Gasteiger partial charge in [0.15, 0.2) is 0 Å². The van der Waals surface area contributed by atoms with Gasteiger partial charge in [0.25, 0.3) is 0 Å². The third-order valence-corrected chi connectivity index (χ3v) is 13.4. The van der Waals surface area contributed by atoms with Crippen LogP contribution >= 0.6 is 0 Å². The minimum atomic E-state index is 0.374. The molecule has 2 unspecified atom stereocenters. The largest absolute Gasteiger partial charge is 0.311 e. The van der Waals surface area contributed by atoms with Crippen molar-refractivity contribution in [3.05, 3.63) is 169 Å². The number of benzene rings is 7. The lowest BCUT2D eigenvalue weighted by Gasteiger charge is -2.42. The van der Waals surface area contributed by atoms with Crippen molar-refractivity contribution in [2.75, 3.05) is 4.90 Å². The van der Waals surface area contributed by atoms with Crippen LogP contribution in [-0.2, 0) is 5.41 Å². The lowest BCUT2D eigenvalue weighted by Crippen LogP contribution is -2.34. The molecule has 2 heteroatoms. The normalized spacial score (nSPS) is 23.3. The molecule has 3 fully saturated rings. The summed E-state index contributed by atoms with van der Waals surface area (Å²) in [6.45, 7) is 2.51. The Kier molecular flexibility index (Phi) is 6.99. The second-order valence-corrected chi connectivity index (χ2v) is 16.5. The zero-order valence-corrected chi connectivity index (χ0v) is 30.3. The lowest BCUT2D eigenvalue weighted by atomic mass is 9.63. The van der Waals surface area contributed by atoms with Gasteiger partial charge in [-0.05, 0) is 138 Å². The predicted molar refractivity (Wildman–Crippen MR) is 223 cm³/mol. The van der Waals surface area contributed by atoms with E-state index in [1.807, 2.05) is 0 Å². The van der Waals surface area contributed by atoms with Gasteiger partial charge in [0.1, 0.15) is 0 Å². The molecule has 3 aliphatic rings. The van der Waals surface area contributed by atoms with Crippen molar-refractivity contribution in [3.63, 3.8) is 0 Å². The van der Waals surface area contributed by atoms with Crippen molar-refractivity contribution in [3.8, 4) is 16.8 Å². The third-order valence-electron chi connectivity index (χ3n) is 13.4. The third kappa shape index (κ3) is 4.92. The van der Waals surface area contributed by atoms with Gasteiger partial charge >= 0.3 is 0 Å². The van der Waals surface area contributed by atoms with Gasteiger partial charge < -0.3 is 9.47 Å². The summed E-state index contributed by atoms with van der Waals surface area (Å²) in [5.41, 5.74) is 11.6. The second-order valence-electron chi connectivity index (χ2n) is 16.5. The molecule has 0 N–H and O–H groups in total. The summed E-state index contributed by atoms with van der Waals surface area (Å²) in [5, 5.41) is 5.10. The first-order valence-electron chi connectivity index (χ1n) is 19.7. The molecular weight excluding hydrogens is 641 g/mol. The molecule has 8 aromatic rings. The maximum absolute atomic E-state index is 2.51. The zero-order chi connectivity index (χ0) is 35.1. The van der Waals surface area contributed by atoms with Gasteiger partial charge in [-0.25, -0.2) is 0 Å². The summed E-state index contributed by atoms with van der Waals surface area (Å²) in [5.74, 6) is 3.76. The number of hydrogen-bond donors (Lipinski definition) is 0. The van der Waals surface area contributed by atoms with Crippen LogP contribution in [0.2, 0.25) is 0 Å². The highest BCUT2D eigenvalue weighted by Crippen LogP contribution is 2.65. The van der Waals surface area contributed by atoms with Crippen LogP contribution in [0.5, 0.6) is 0 Å². The van der Waals surface area contributed by atoms with E-state index in [0.717, 1.165) is 23.7 Å². The Morgan fingerprint density at radius 2 is 1.25 bits per heavy atom. The second kappa shape index (κ2) is 12.0. The predicted octanol–water partition coefficient (Wildman–Crippen LogP) is 13.8. The number of rotatable bonds is 6. The number of nitrogens with zero attached hydrogens (tertiary/aromatic N) is 2. The van der Waals surface area contributed by atoms with Gasteiger partial charge in [0.2, 0.25) is 0 Å². The van der Waals surface area contributed by atoms with E-state index in [9.17, 15) is 0 Å². The Labute approximate surface area is 312 Å². The summed E-state index contributed by atoms with van der Waals surface area (Å²) in [7, 11) is 0. The van der Waals surface area contributed by atoms with Crippen LogP contribution in [0.4, 0.5) is 17.1 Å². The average molecular weight is 685 g/mol. The maximum atomic E-state index is 2.51. The fourth-order valence-corrected chi connectivity index (χ4v) is 11.2. The number of anilines is 3. The molecule has 7 aromatic carbocycles. The molecule has 0 amide bonds. The van der Waals surface area contributed by atoms with Gasteiger partial charge in [-0.15, -0.1) is 0 Å². The monoisotopic (exact) mass is 684 g/mol. The minimum Gasteiger partial charge on any atom is -0.311 e. The average Bonchev–Trinajstić information content (AvgIpc) is 3.66. The fraction of sp³-hybridized carbons (Fsp3) is 0.216. The zero-order valence-electron chi connectivity index (χ0n) is 30.3. The molecule has 0 saturated heterocycles. The number of hydrogen-bond acceptors (Lipinski definition) is 1. The molecule has 2 bridgehead atoms. The van der Waals surface area contributed by atoms with Gasteiger partial charge in [0, 0.05) is 38.9 Å². The molecule has 1 aromatic heterocycles. The summed E-state index contributed by atoms with van der Waals surface area (Å²) < 4.78 is 2.45. The van der Waals surface area contributed by atoms with Crippen molar-refractivity contribution in [1.29, 1.82) is 0 Å². The minimum absolute atomic E-state index is 0.374. The summed E-state index contributed by atoms with van der Waals surface area (Å²) in [6, 6.07) is 60.8. The van der Waals surface area contributed by atoms with E-state index in [1.54, 1.807) is 5.56 Å². The first-order valence-corrected chi connectivity index (χ1v) is 19.7. The standard InChI is InChI=1S/C51H44N2/c1-34-28-38-29-39-32-51(31-34,33-48(38)39)40-21-25-43(26-22-40)52(41-12-3-2-4-13-41)42-23-18-35(19-24-42)37-11-9-14-44(30-37)53-49-17-8-7-16-46(49)47-27-20-36-10-5-6-15-45(36)50(47)53/h2-27,30,34,38-39,48H,28-29,31-33H2,1H3/t34-,38-,39-,48?,51?/m0/s1. The molecule has 5 atom stereocenters.